The highest BCUT2D eigenvalue weighted by atomic mass is 32.2. The van der Waals surface area contributed by atoms with E-state index in [1.54, 1.807) is 4.90 Å². The van der Waals surface area contributed by atoms with Gasteiger partial charge in [-0.25, -0.2) is 4.79 Å². The van der Waals surface area contributed by atoms with Crippen LogP contribution in [0.4, 0.5) is 4.79 Å². The molecule has 1 aromatic carbocycles. The van der Waals surface area contributed by atoms with Crippen molar-refractivity contribution in [3.63, 3.8) is 0 Å². The maximum Gasteiger partial charge on any atom is 0.410 e. The third kappa shape index (κ3) is 4.83. The van der Waals surface area contributed by atoms with Crippen LogP contribution in [0.25, 0.3) is 0 Å². The third-order valence-corrected chi connectivity index (χ3v) is 6.48. The van der Waals surface area contributed by atoms with E-state index in [0.717, 1.165) is 31.6 Å². The molecule has 2 aliphatic heterocycles. The van der Waals surface area contributed by atoms with Crippen molar-refractivity contribution < 1.29 is 14.3 Å². The van der Waals surface area contributed by atoms with Crippen LogP contribution in [0.1, 0.15) is 52.5 Å². The van der Waals surface area contributed by atoms with Crippen molar-refractivity contribution in [3.8, 4) is 0 Å². The Balaban J connectivity index is 1.56. The van der Waals surface area contributed by atoms with Crippen molar-refractivity contribution in [1.29, 1.82) is 0 Å². The molecule has 0 N–H and O–H groups in total. The number of nitrogens with zero attached hydrogens (tertiary/aromatic N) is 2. The van der Waals surface area contributed by atoms with Gasteiger partial charge in [0, 0.05) is 31.1 Å². The Kier molecular flexibility index (Phi) is 6.28. The average molecular weight is 405 g/mol. The van der Waals surface area contributed by atoms with E-state index < -0.39 is 5.60 Å². The van der Waals surface area contributed by atoms with E-state index in [1.165, 1.54) is 10.5 Å². The Hall–Kier alpha value is -1.69. The van der Waals surface area contributed by atoms with Gasteiger partial charge in [0.25, 0.3) is 0 Å². The quantitative estimate of drug-likeness (QED) is 0.691. The van der Waals surface area contributed by atoms with Crippen molar-refractivity contribution in [1.82, 2.24) is 9.80 Å². The SMILES string of the molecule is CCSc1ccc(CN2CCC3(CCN(C(=O)OC(C)(C)C)CC3)C2=O)cc1. The van der Waals surface area contributed by atoms with Crippen LogP contribution < -0.4 is 0 Å². The molecule has 28 heavy (non-hydrogen) atoms. The Morgan fingerprint density at radius 2 is 1.71 bits per heavy atom. The van der Waals surface area contributed by atoms with E-state index in [0.29, 0.717) is 19.6 Å². The Morgan fingerprint density at radius 1 is 1.11 bits per heavy atom. The summed E-state index contributed by atoms with van der Waals surface area (Å²) in [6, 6.07) is 8.53. The molecule has 0 atom stereocenters. The van der Waals surface area contributed by atoms with Gasteiger partial charge in [-0.15, -0.1) is 11.8 Å². The van der Waals surface area contributed by atoms with E-state index in [-0.39, 0.29) is 17.4 Å². The second kappa shape index (κ2) is 8.36. The number of likely N-dealkylation sites (tertiary alicyclic amines) is 2. The summed E-state index contributed by atoms with van der Waals surface area (Å²) in [5, 5.41) is 0. The van der Waals surface area contributed by atoms with Crippen LogP contribution in [-0.4, -0.2) is 52.8 Å². The third-order valence-electron chi connectivity index (χ3n) is 5.58. The number of amides is 2. The number of hydrogen-bond acceptors (Lipinski definition) is 4. The van der Waals surface area contributed by atoms with E-state index >= 15 is 0 Å². The van der Waals surface area contributed by atoms with Crippen LogP contribution in [-0.2, 0) is 16.1 Å². The van der Waals surface area contributed by atoms with Crippen molar-refractivity contribution >= 4 is 23.8 Å². The largest absolute Gasteiger partial charge is 0.444 e. The van der Waals surface area contributed by atoms with Gasteiger partial charge < -0.3 is 14.5 Å². The average Bonchev–Trinajstić information content (AvgIpc) is 2.92. The molecule has 2 fully saturated rings. The van der Waals surface area contributed by atoms with Crippen LogP contribution in [0, 0.1) is 5.41 Å². The number of thioether (sulfide) groups is 1. The minimum atomic E-state index is -0.489. The first-order valence-electron chi connectivity index (χ1n) is 10.2. The minimum Gasteiger partial charge on any atom is -0.444 e. The molecule has 0 saturated carbocycles. The monoisotopic (exact) mass is 404 g/mol. The molecule has 1 spiro atoms. The summed E-state index contributed by atoms with van der Waals surface area (Å²) in [4.78, 5) is 30.4. The summed E-state index contributed by atoms with van der Waals surface area (Å²) in [6.07, 6.45) is 2.08. The van der Waals surface area contributed by atoms with Gasteiger partial charge >= 0.3 is 6.09 Å². The minimum absolute atomic E-state index is 0.253. The number of carbonyl (C=O) groups is 2. The van der Waals surface area contributed by atoms with Crippen LogP contribution in [0.5, 0.6) is 0 Å². The van der Waals surface area contributed by atoms with Crippen LogP contribution in [0.15, 0.2) is 29.2 Å². The molecule has 1 aromatic rings. The van der Waals surface area contributed by atoms with Crippen molar-refractivity contribution in [2.75, 3.05) is 25.4 Å². The van der Waals surface area contributed by atoms with Crippen LogP contribution >= 0.6 is 11.8 Å². The highest BCUT2D eigenvalue weighted by Crippen LogP contribution is 2.42. The fraction of sp³-hybridized carbons (Fsp3) is 0.636. The molecule has 5 nitrogen and oxygen atoms in total. The van der Waals surface area contributed by atoms with Gasteiger partial charge in [0.05, 0.1) is 5.41 Å². The van der Waals surface area contributed by atoms with Gasteiger partial charge in [-0.2, -0.15) is 0 Å². The van der Waals surface area contributed by atoms with Crippen molar-refractivity contribution in [3.05, 3.63) is 29.8 Å². The predicted molar refractivity (Wildman–Crippen MR) is 112 cm³/mol. The first kappa shape index (κ1) is 21.0. The van der Waals surface area contributed by atoms with Crippen LogP contribution in [0.3, 0.4) is 0 Å². The fourth-order valence-electron chi connectivity index (χ4n) is 4.03. The van der Waals surface area contributed by atoms with Gasteiger partial charge in [-0.1, -0.05) is 19.1 Å². The topological polar surface area (TPSA) is 49.9 Å². The summed E-state index contributed by atoms with van der Waals surface area (Å²) in [5.41, 5.74) is 0.394. The predicted octanol–water partition coefficient (Wildman–Crippen LogP) is 4.55. The smallest absolute Gasteiger partial charge is 0.410 e. The lowest BCUT2D eigenvalue weighted by Gasteiger charge is -2.38. The lowest BCUT2D eigenvalue weighted by molar-refractivity contribution is -0.138. The van der Waals surface area contributed by atoms with Gasteiger partial charge in [0.2, 0.25) is 5.91 Å². The first-order chi connectivity index (χ1) is 13.2. The normalized spacial score (nSPS) is 19.4. The van der Waals surface area contributed by atoms with Crippen LogP contribution in [0.2, 0.25) is 0 Å². The molecule has 0 aliphatic carbocycles. The van der Waals surface area contributed by atoms with Gasteiger partial charge in [-0.3, -0.25) is 4.79 Å². The molecule has 0 radical (unpaired) electrons. The lowest BCUT2D eigenvalue weighted by atomic mass is 9.77. The number of carbonyl (C=O) groups excluding carboxylic acids is 2. The summed E-state index contributed by atoms with van der Waals surface area (Å²) in [7, 11) is 0. The van der Waals surface area contributed by atoms with Gasteiger partial charge in [0.15, 0.2) is 0 Å². The maximum absolute atomic E-state index is 13.1. The molecule has 0 unspecified atom stereocenters. The fourth-order valence-corrected chi connectivity index (χ4v) is 4.69. The molecule has 0 aromatic heterocycles. The Labute approximate surface area is 172 Å². The summed E-state index contributed by atoms with van der Waals surface area (Å²) >= 11 is 1.83. The molecule has 2 aliphatic rings. The van der Waals surface area contributed by atoms with E-state index in [9.17, 15) is 9.59 Å². The number of piperidine rings is 1. The van der Waals surface area contributed by atoms with Gasteiger partial charge in [-0.05, 0) is 63.5 Å². The highest BCUT2D eigenvalue weighted by Gasteiger charge is 2.48. The van der Waals surface area contributed by atoms with E-state index in [4.69, 9.17) is 4.74 Å². The number of hydrogen-bond donors (Lipinski definition) is 0. The zero-order chi connectivity index (χ0) is 20.4. The molecule has 2 amide bonds. The lowest BCUT2D eigenvalue weighted by Crippen LogP contribution is -2.47. The molecular weight excluding hydrogens is 372 g/mol. The second-order valence-electron chi connectivity index (χ2n) is 8.80. The molecule has 2 heterocycles. The number of rotatable bonds is 4. The maximum atomic E-state index is 13.1. The molecule has 0 bridgehead atoms. The molecule has 154 valence electrons. The van der Waals surface area contributed by atoms with E-state index in [1.807, 2.05) is 37.4 Å². The second-order valence-corrected chi connectivity index (χ2v) is 10.1. The molecule has 6 heteroatoms. The number of ether oxygens (including phenoxy) is 1. The molecular formula is C22H32N2O3S. The summed E-state index contributed by atoms with van der Waals surface area (Å²) < 4.78 is 5.47. The van der Waals surface area contributed by atoms with Crippen molar-refractivity contribution in [2.45, 2.75) is 64.0 Å². The molecule has 2 saturated heterocycles. The first-order valence-corrected chi connectivity index (χ1v) is 11.2. The Bertz CT molecular complexity index is 703. The van der Waals surface area contributed by atoms with Gasteiger partial charge in [0.1, 0.15) is 5.60 Å². The van der Waals surface area contributed by atoms with E-state index in [2.05, 4.69) is 31.2 Å². The Morgan fingerprint density at radius 3 is 2.29 bits per heavy atom. The summed E-state index contributed by atoms with van der Waals surface area (Å²) in [5.74, 6) is 1.32. The zero-order valence-corrected chi connectivity index (χ0v) is 18.3. The zero-order valence-electron chi connectivity index (χ0n) is 17.5. The number of benzene rings is 1. The van der Waals surface area contributed by atoms with Crippen molar-refractivity contribution in [2.24, 2.45) is 5.41 Å². The molecule has 3 rings (SSSR count). The summed E-state index contributed by atoms with van der Waals surface area (Å²) in [6.45, 7) is 10.4. The standard InChI is InChI=1S/C22H32N2O3S/c1-5-28-18-8-6-17(7-9-18)16-24-15-12-22(19(24)25)10-13-23(14-11-22)20(26)27-21(2,3)4/h6-9H,5,10-16H2,1-4H3. The highest BCUT2D eigenvalue weighted by molar-refractivity contribution is 7.99.